The summed E-state index contributed by atoms with van der Waals surface area (Å²) in [7, 11) is 0. The van der Waals surface area contributed by atoms with Crippen LogP contribution in [0.3, 0.4) is 0 Å². The van der Waals surface area contributed by atoms with Crippen LogP contribution < -0.4 is 10.1 Å². The average Bonchev–Trinajstić information content (AvgIpc) is 2.81. The molecule has 22 heavy (non-hydrogen) atoms. The second-order valence-electron chi connectivity index (χ2n) is 6.31. The van der Waals surface area contributed by atoms with Crippen molar-refractivity contribution in [3.05, 3.63) is 36.0 Å². The van der Waals surface area contributed by atoms with E-state index in [1.165, 1.54) is 0 Å². The summed E-state index contributed by atoms with van der Waals surface area (Å²) in [5.74, 6) is 1.61. The summed E-state index contributed by atoms with van der Waals surface area (Å²) < 4.78 is 10.8. The Morgan fingerprint density at radius 3 is 2.45 bits per heavy atom. The molecule has 2 aromatic rings. The monoisotopic (exact) mass is 303 g/mol. The van der Waals surface area contributed by atoms with Crippen LogP contribution in [0.1, 0.15) is 39.0 Å². The minimum atomic E-state index is -0.0324. The summed E-state index contributed by atoms with van der Waals surface area (Å²) >= 11 is 0. The highest BCUT2D eigenvalue weighted by molar-refractivity contribution is 5.91. The molecule has 1 aromatic carbocycles. The number of carbonyl (C=O) groups is 1. The molecule has 0 aliphatic heterocycles. The van der Waals surface area contributed by atoms with Crippen LogP contribution in [0.25, 0.3) is 0 Å². The van der Waals surface area contributed by atoms with E-state index in [0.717, 1.165) is 5.69 Å². The van der Waals surface area contributed by atoms with Crippen molar-refractivity contribution in [3.8, 4) is 5.75 Å². The van der Waals surface area contributed by atoms with Gasteiger partial charge in [-0.05, 0) is 29.7 Å². The zero-order chi connectivity index (χ0) is 16.2. The Balaban J connectivity index is 1.86. The predicted molar refractivity (Wildman–Crippen MR) is 82.5 cm³/mol. The maximum atomic E-state index is 11.9. The fourth-order valence-electron chi connectivity index (χ4n) is 1.86. The van der Waals surface area contributed by atoms with Gasteiger partial charge in [0.2, 0.25) is 11.8 Å². The number of aromatic nitrogens is 2. The molecule has 0 saturated heterocycles. The molecule has 0 radical (unpaired) electrons. The van der Waals surface area contributed by atoms with Crippen LogP contribution in [-0.2, 0) is 11.4 Å². The van der Waals surface area contributed by atoms with Gasteiger partial charge in [0.25, 0.3) is 5.89 Å². The molecule has 0 spiro atoms. The van der Waals surface area contributed by atoms with Crippen molar-refractivity contribution in [2.45, 2.75) is 40.7 Å². The molecule has 0 fully saturated rings. The van der Waals surface area contributed by atoms with Gasteiger partial charge in [-0.15, -0.1) is 10.2 Å². The van der Waals surface area contributed by atoms with Gasteiger partial charge in [-0.3, -0.25) is 4.79 Å². The first-order valence-corrected chi connectivity index (χ1v) is 7.13. The smallest absolute Gasteiger partial charge is 0.253 e. The van der Waals surface area contributed by atoms with Gasteiger partial charge < -0.3 is 14.5 Å². The van der Waals surface area contributed by atoms with Crippen molar-refractivity contribution < 1.29 is 13.9 Å². The van der Waals surface area contributed by atoms with E-state index in [-0.39, 0.29) is 17.9 Å². The second-order valence-corrected chi connectivity index (χ2v) is 6.31. The summed E-state index contributed by atoms with van der Waals surface area (Å²) in [5.41, 5.74) is 0.713. The lowest BCUT2D eigenvalue weighted by atomic mass is 9.92. The van der Waals surface area contributed by atoms with Gasteiger partial charge in [0.1, 0.15) is 5.75 Å². The SMILES string of the molecule is Cc1nnc(COc2ccc(NC(=O)CC(C)(C)C)cc2)o1. The molecular formula is C16H21N3O3. The van der Waals surface area contributed by atoms with Crippen LogP contribution in [0.2, 0.25) is 0 Å². The molecule has 1 amide bonds. The van der Waals surface area contributed by atoms with Crippen LogP contribution in [-0.4, -0.2) is 16.1 Å². The minimum Gasteiger partial charge on any atom is -0.484 e. The molecule has 0 saturated carbocycles. The third kappa shape index (κ3) is 5.20. The number of nitrogens with zero attached hydrogens (tertiary/aromatic N) is 2. The molecule has 1 aromatic heterocycles. The molecule has 2 rings (SSSR count). The Morgan fingerprint density at radius 1 is 1.23 bits per heavy atom. The van der Waals surface area contributed by atoms with Crippen LogP contribution in [0.5, 0.6) is 5.75 Å². The summed E-state index contributed by atoms with van der Waals surface area (Å²) in [6, 6.07) is 7.18. The summed E-state index contributed by atoms with van der Waals surface area (Å²) in [4.78, 5) is 11.9. The molecule has 0 bridgehead atoms. The van der Waals surface area contributed by atoms with Crippen LogP contribution in [0.4, 0.5) is 5.69 Å². The standard InChI is InChI=1S/C16H21N3O3/c1-11-18-19-15(22-11)10-21-13-7-5-12(6-8-13)17-14(20)9-16(2,3)4/h5-8H,9-10H2,1-4H3,(H,17,20). The van der Waals surface area contributed by atoms with Crippen molar-refractivity contribution in [2.75, 3.05) is 5.32 Å². The Bertz CT molecular complexity index is 627. The highest BCUT2D eigenvalue weighted by atomic mass is 16.5. The average molecular weight is 303 g/mol. The highest BCUT2D eigenvalue weighted by Gasteiger charge is 2.15. The van der Waals surface area contributed by atoms with E-state index in [9.17, 15) is 4.79 Å². The van der Waals surface area contributed by atoms with Gasteiger partial charge in [0.15, 0.2) is 6.61 Å². The van der Waals surface area contributed by atoms with Crippen molar-refractivity contribution >= 4 is 11.6 Å². The lowest BCUT2D eigenvalue weighted by Crippen LogP contribution is -2.19. The number of amides is 1. The van der Waals surface area contributed by atoms with Crippen LogP contribution >= 0.6 is 0 Å². The van der Waals surface area contributed by atoms with E-state index in [1.807, 2.05) is 20.8 Å². The van der Waals surface area contributed by atoms with E-state index < -0.39 is 0 Å². The van der Waals surface area contributed by atoms with E-state index >= 15 is 0 Å². The Hall–Kier alpha value is -2.37. The molecule has 118 valence electrons. The Kier molecular flexibility index (Phi) is 4.80. The first-order chi connectivity index (χ1) is 10.3. The largest absolute Gasteiger partial charge is 0.484 e. The summed E-state index contributed by atoms with van der Waals surface area (Å²) in [5, 5.41) is 10.5. The van der Waals surface area contributed by atoms with E-state index in [0.29, 0.717) is 24.0 Å². The molecule has 6 heteroatoms. The zero-order valence-corrected chi connectivity index (χ0v) is 13.3. The number of hydrogen-bond acceptors (Lipinski definition) is 5. The van der Waals surface area contributed by atoms with Crippen molar-refractivity contribution in [1.82, 2.24) is 10.2 Å². The van der Waals surface area contributed by atoms with Crippen LogP contribution in [0, 0.1) is 12.3 Å². The number of carbonyl (C=O) groups excluding carboxylic acids is 1. The van der Waals surface area contributed by atoms with Crippen LogP contribution in [0.15, 0.2) is 28.7 Å². The summed E-state index contributed by atoms with van der Waals surface area (Å²) in [6.45, 7) is 8.04. The van der Waals surface area contributed by atoms with E-state index in [1.54, 1.807) is 31.2 Å². The Labute approximate surface area is 129 Å². The third-order valence-corrected chi connectivity index (χ3v) is 2.76. The number of anilines is 1. The number of hydrogen-bond donors (Lipinski definition) is 1. The molecule has 6 nitrogen and oxygen atoms in total. The second kappa shape index (κ2) is 6.60. The van der Waals surface area contributed by atoms with Crippen molar-refractivity contribution in [2.24, 2.45) is 5.41 Å². The molecule has 0 unspecified atom stereocenters. The third-order valence-electron chi connectivity index (χ3n) is 2.76. The molecular weight excluding hydrogens is 282 g/mol. The van der Waals surface area contributed by atoms with Gasteiger partial charge in [-0.2, -0.15) is 0 Å². The first kappa shape index (κ1) is 16.0. The molecule has 0 atom stereocenters. The van der Waals surface area contributed by atoms with Gasteiger partial charge in [0, 0.05) is 19.0 Å². The number of ether oxygens (including phenoxy) is 1. The van der Waals surface area contributed by atoms with Gasteiger partial charge >= 0.3 is 0 Å². The van der Waals surface area contributed by atoms with Gasteiger partial charge in [-0.1, -0.05) is 20.8 Å². The zero-order valence-electron chi connectivity index (χ0n) is 13.3. The lowest BCUT2D eigenvalue weighted by molar-refractivity contribution is -0.117. The maximum Gasteiger partial charge on any atom is 0.253 e. The quantitative estimate of drug-likeness (QED) is 0.916. The first-order valence-electron chi connectivity index (χ1n) is 7.13. The number of rotatable bonds is 5. The normalized spacial score (nSPS) is 11.3. The topological polar surface area (TPSA) is 77.3 Å². The van der Waals surface area contributed by atoms with Crippen molar-refractivity contribution in [3.63, 3.8) is 0 Å². The fourth-order valence-corrected chi connectivity index (χ4v) is 1.86. The predicted octanol–water partition coefficient (Wildman–Crippen LogP) is 3.33. The Morgan fingerprint density at radius 2 is 1.91 bits per heavy atom. The molecule has 0 aliphatic carbocycles. The molecule has 0 aliphatic rings. The van der Waals surface area contributed by atoms with Gasteiger partial charge in [0.05, 0.1) is 0 Å². The number of aryl methyl sites for hydroxylation is 1. The molecule has 1 N–H and O–H groups in total. The molecule has 1 heterocycles. The number of nitrogens with one attached hydrogen (secondary N) is 1. The number of benzene rings is 1. The fraction of sp³-hybridized carbons (Fsp3) is 0.438. The van der Waals surface area contributed by atoms with E-state index in [2.05, 4.69) is 15.5 Å². The highest BCUT2D eigenvalue weighted by Crippen LogP contribution is 2.21. The maximum absolute atomic E-state index is 11.9. The van der Waals surface area contributed by atoms with Crippen molar-refractivity contribution in [1.29, 1.82) is 0 Å². The van der Waals surface area contributed by atoms with Gasteiger partial charge in [-0.25, -0.2) is 0 Å². The minimum absolute atomic E-state index is 0.00232. The lowest BCUT2D eigenvalue weighted by Gasteiger charge is -2.17. The summed E-state index contributed by atoms with van der Waals surface area (Å²) in [6.07, 6.45) is 0.474. The van der Waals surface area contributed by atoms with E-state index in [4.69, 9.17) is 9.15 Å².